The standard InChI is InChI=1S/C18H15N5/c19-18-21-7-6-17(23-18)22-14-8-13-10-20-11-16(13)15(9-14)12-4-2-1-3-5-12/h1-10H,11H2,(H3,19,21,22,23). The second-order valence-corrected chi connectivity index (χ2v) is 5.35. The second kappa shape index (κ2) is 5.53. The number of benzene rings is 2. The first kappa shape index (κ1) is 13.5. The number of aromatic nitrogens is 2. The Morgan fingerprint density at radius 2 is 1.91 bits per heavy atom. The third-order valence-electron chi connectivity index (χ3n) is 3.80. The van der Waals surface area contributed by atoms with Gasteiger partial charge in [0.15, 0.2) is 0 Å². The minimum Gasteiger partial charge on any atom is -0.368 e. The van der Waals surface area contributed by atoms with Gasteiger partial charge >= 0.3 is 0 Å². The zero-order valence-corrected chi connectivity index (χ0v) is 12.4. The summed E-state index contributed by atoms with van der Waals surface area (Å²) >= 11 is 0. The highest BCUT2D eigenvalue weighted by molar-refractivity contribution is 5.91. The van der Waals surface area contributed by atoms with Gasteiger partial charge in [-0.05, 0) is 34.9 Å². The third-order valence-corrected chi connectivity index (χ3v) is 3.80. The van der Waals surface area contributed by atoms with E-state index in [9.17, 15) is 0 Å². The first-order valence-corrected chi connectivity index (χ1v) is 7.37. The van der Waals surface area contributed by atoms with Crippen LogP contribution in [0.4, 0.5) is 17.5 Å². The van der Waals surface area contributed by atoms with Gasteiger partial charge in [0.05, 0.1) is 6.54 Å². The lowest BCUT2D eigenvalue weighted by molar-refractivity contribution is 1.11. The fraction of sp³-hybridized carbons (Fsp3) is 0.0556. The lowest BCUT2D eigenvalue weighted by Gasteiger charge is -2.13. The minimum atomic E-state index is 0.251. The van der Waals surface area contributed by atoms with Crippen LogP contribution in [0.2, 0.25) is 0 Å². The van der Waals surface area contributed by atoms with Gasteiger partial charge < -0.3 is 11.1 Å². The van der Waals surface area contributed by atoms with E-state index in [1.807, 2.05) is 24.4 Å². The van der Waals surface area contributed by atoms with Gasteiger partial charge in [0, 0.05) is 23.7 Å². The molecule has 1 aromatic heterocycles. The van der Waals surface area contributed by atoms with Crippen LogP contribution < -0.4 is 11.1 Å². The van der Waals surface area contributed by atoms with Gasteiger partial charge in [-0.1, -0.05) is 30.3 Å². The van der Waals surface area contributed by atoms with Crippen molar-refractivity contribution < 1.29 is 0 Å². The maximum Gasteiger partial charge on any atom is 0.221 e. The van der Waals surface area contributed by atoms with Crippen LogP contribution in [0.25, 0.3) is 11.1 Å². The predicted molar refractivity (Wildman–Crippen MR) is 92.9 cm³/mol. The number of rotatable bonds is 3. The van der Waals surface area contributed by atoms with Crippen molar-refractivity contribution in [2.24, 2.45) is 4.99 Å². The Bertz CT molecular complexity index is 887. The van der Waals surface area contributed by atoms with Crippen LogP contribution in [0.15, 0.2) is 59.7 Å². The lowest BCUT2D eigenvalue weighted by Crippen LogP contribution is -2.00. The Hall–Kier alpha value is -3.21. The summed E-state index contributed by atoms with van der Waals surface area (Å²) < 4.78 is 0. The molecule has 0 unspecified atom stereocenters. The molecule has 3 aromatic rings. The Kier molecular flexibility index (Phi) is 3.24. The normalized spacial score (nSPS) is 12.2. The average molecular weight is 301 g/mol. The first-order chi connectivity index (χ1) is 11.3. The molecule has 5 nitrogen and oxygen atoms in total. The van der Waals surface area contributed by atoms with Gasteiger partial charge in [-0.25, -0.2) is 4.98 Å². The first-order valence-electron chi connectivity index (χ1n) is 7.37. The molecule has 0 atom stereocenters. The van der Waals surface area contributed by atoms with Gasteiger partial charge in [-0.2, -0.15) is 4.98 Å². The Morgan fingerprint density at radius 3 is 2.74 bits per heavy atom. The fourth-order valence-electron chi connectivity index (χ4n) is 2.76. The van der Waals surface area contributed by atoms with E-state index < -0.39 is 0 Å². The van der Waals surface area contributed by atoms with Gasteiger partial charge in [-0.3, -0.25) is 4.99 Å². The van der Waals surface area contributed by atoms with E-state index in [1.165, 1.54) is 16.7 Å². The molecule has 0 saturated carbocycles. The number of fused-ring (bicyclic) bond motifs is 1. The monoisotopic (exact) mass is 301 g/mol. The van der Waals surface area contributed by atoms with E-state index >= 15 is 0 Å². The molecule has 0 radical (unpaired) electrons. The van der Waals surface area contributed by atoms with Crippen molar-refractivity contribution in [3.8, 4) is 11.1 Å². The summed E-state index contributed by atoms with van der Waals surface area (Å²) in [5.74, 6) is 0.924. The molecule has 5 heteroatoms. The summed E-state index contributed by atoms with van der Waals surface area (Å²) in [6, 6.07) is 16.3. The molecule has 0 spiro atoms. The molecule has 3 N–H and O–H groups in total. The highest BCUT2D eigenvalue weighted by Gasteiger charge is 2.15. The maximum atomic E-state index is 5.64. The van der Waals surface area contributed by atoms with Crippen molar-refractivity contribution in [3.63, 3.8) is 0 Å². The summed E-state index contributed by atoms with van der Waals surface area (Å²) in [7, 11) is 0. The Balaban J connectivity index is 1.78. The molecule has 2 heterocycles. The largest absolute Gasteiger partial charge is 0.368 e. The smallest absolute Gasteiger partial charge is 0.221 e. The van der Waals surface area contributed by atoms with Crippen molar-refractivity contribution >= 4 is 23.7 Å². The molecule has 0 bridgehead atoms. The number of hydrogen-bond donors (Lipinski definition) is 2. The summed E-state index contributed by atoms with van der Waals surface area (Å²) in [5.41, 5.74) is 11.3. The summed E-state index contributed by atoms with van der Waals surface area (Å²) in [6.07, 6.45) is 3.55. The quantitative estimate of drug-likeness (QED) is 0.777. The van der Waals surface area contributed by atoms with Crippen LogP contribution in [-0.2, 0) is 6.54 Å². The number of nitrogens with one attached hydrogen (secondary N) is 1. The summed E-state index contributed by atoms with van der Waals surface area (Å²) in [6.45, 7) is 0.723. The molecule has 23 heavy (non-hydrogen) atoms. The lowest BCUT2D eigenvalue weighted by atomic mass is 9.96. The van der Waals surface area contributed by atoms with Gasteiger partial charge in [0.25, 0.3) is 0 Å². The van der Waals surface area contributed by atoms with Gasteiger partial charge in [-0.15, -0.1) is 0 Å². The van der Waals surface area contributed by atoms with Crippen LogP contribution in [0.3, 0.4) is 0 Å². The summed E-state index contributed by atoms with van der Waals surface area (Å²) in [4.78, 5) is 12.5. The van der Waals surface area contributed by atoms with E-state index in [0.717, 1.165) is 17.8 Å². The SMILES string of the molecule is Nc1nccc(Nc2cc3c(c(-c4ccccc4)c2)CN=C3)n1. The Morgan fingerprint density at radius 1 is 1.04 bits per heavy atom. The predicted octanol–water partition coefficient (Wildman–Crippen LogP) is 3.40. The van der Waals surface area contributed by atoms with Crippen LogP contribution in [0, 0.1) is 0 Å². The highest BCUT2D eigenvalue weighted by atomic mass is 15.1. The number of nitrogens with two attached hydrogens (primary N) is 1. The van der Waals surface area contributed by atoms with E-state index in [0.29, 0.717) is 5.82 Å². The number of nitrogen functional groups attached to an aromatic ring is 1. The number of anilines is 3. The molecular weight excluding hydrogens is 286 g/mol. The van der Waals surface area contributed by atoms with Gasteiger partial charge in [0.2, 0.25) is 5.95 Å². The zero-order valence-electron chi connectivity index (χ0n) is 12.4. The molecule has 0 aliphatic carbocycles. The van der Waals surface area contributed by atoms with Crippen LogP contribution >= 0.6 is 0 Å². The van der Waals surface area contributed by atoms with Gasteiger partial charge in [0.1, 0.15) is 5.82 Å². The highest BCUT2D eigenvalue weighted by Crippen LogP contribution is 2.33. The van der Waals surface area contributed by atoms with Crippen molar-refractivity contribution in [2.45, 2.75) is 6.54 Å². The summed E-state index contributed by atoms with van der Waals surface area (Å²) in [5, 5.41) is 3.29. The number of aliphatic imine (C=N–C) groups is 1. The topological polar surface area (TPSA) is 76.2 Å². The third kappa shape index (κ3) is 2.64. The zero-order chi connectivity index (χ0) is 15.6. The molecule has 0 amide bonds. The molecule has 4 rings (SSSR count). The average Bonchev–Trinajstić information content (AvgIpc) is 3.03. The molecular formula is C18H15N5. The molecule has 2 aromatic carbocycles. The van der Waals surface area contributed by atoms with Crippen molar-refractivity contribution in [3.05, 3.63) is 65.9 Å². The van der Waals surface area contributed by atoms with E-state index in [-0.39, 0.29) is 5.95 Å². The molecule has 0 saturated heterocycles. The number of nitrogens with zero attached hydrogens (tertiary/aromatic N) is 3. The number of hydrogen-bond acceptors (Lipinski definition) is 5. The molecule has 1 aliphatic heterocycles. The van der Waals surface area contributed by atoms with Crippen molar-refractivity contribution in [1.82, 2.24) is 9.97 Å². The fourth-order valence-corrected chi connectivity index (χ4v) is 2.76. The molecule has 0 fully saturated rings. The Labute approximate surface area is 133 Å². The van der Waals surface area contributed by atoms with Crippen molar-refractivity contribution in [1.29, 1.82) is 0 Å². The van der Waals surface area contributed by atoms with Crippen LogP contribution in [0.5, 0.6) is 0 Å². The maximum absolute atomic E-state index is 5.64. The van der Waals surface area contributed by atoms with E-state index in [4.69, 9.17) is 5.73 Å². The van der Waals surface area contributed by atoms with E-state index in [2.05, 4.69) is 44.5 Å². The van der Waals surface area contributed by atoms with Crippen LogP contribution in [0.1, 0.15) is 11.1 Å². The molecule has 1 aliphatic rings. The minimum absolute atomic E-state index is 0.251. The molecule has 112 valence electrons. The second-order valence-electron chi connectivity index (χ2n) is 5.35. The van der Waals surface area contributed by atoms with Crippen LogP contribution in [-0.4, -0.2) is 16.2 Å². The van der Waals surface area contributed by atoms with Crippen molar-refractivity contribution in [2.75, 3.05) is 11.1 Å². The van der Waals surface area contributed by atoms with E-state index in [1.54, 1.807) is 12.3 Å².